The Kier molecular flexibility index (Phi) is 2.72. The molecule has 9 heteroatoms. The smallest absolute Gasteiger partial charge is 0.347 e. The Morgan fingerprint density at radius 2 is 2.26 bits per heavy atom. The van der Waals surface area contributed by atoms with Crippen LogP contribution in [-0.4, -0.2) is 41.3 Å². The summed E-state index contributed by atoms with van der Waals surface area (Å²) >= 11 is 1.10. The normalized spacial score (nSPS) is 10.5. The van der Waals surface area contributed by atoms with Crippen molar-refractivity contribution in [2.24, 2.45) is 0 Å². The summed E-state index contributed by atoms with van der Waals surface area (Å²) < 4.78 is 1.41. The lowest BCUT2D eigenvalue weighted by molar-refractivity contribution is 0.0702. The molecule has 0 aromatic carbocycles. The second-order valence-electron chi connectivity index (χ2n) is 3.49. The molecule has 3 aromatic rings. The Morgan fingerprint density at radius 3 is 2.95 bits per heavy atom. The Labute approximate surface area is 110 Å². The van der Waals surface area contributed by atoms with Gasteiger partial charge >= 0.3 is 5.97 Å². The first-order chi connectivity index (χ1) is 9.24. The van der Waals surface area contributed by atoms with Gasteiger partial charge in [-0.25, -0.2) is 14.8 Å². The summed E-state index contributed by atoms with van der Waals surface area (Å²) in [5, 5.41) is 20.3. The first kappa shape index (κ1) is 11.4. The quantitative estimate of drug-likeness (QED) is 0.755. The van der Waals surface area contributed by atoms with Crippen LogP contribution in [0.1, 0.15) is 9.67 Å². The van der Waals surface area contributed by atoms with E-state index < -0.39 is 5.97 Å². The van der Waals surface area contributed by atoms with Crippen molar-refractivity contribution in [2.75, 3.05) is 0 Å². The van der Waals surface area contributed by atoms with E-state index in [1.54, 1.807) is 18.3 Å². The summed E-state index contributed by atoms with van der Waals surface area (Å²) in [7, 11) is 0. The molecule has 0 unspecified atom stereocenters. The highest BCUT2D eigenvalue weighted by Crippen LogP contribution is 2.25. The molecule has 0 radical (unpaired) electrons. The van der Waals surface area contributed by atoms with Crippen LogP contribution in [0.3, 0.4) is 0 Å². The number of aromatic nitrogens is 6. The zero-order valence-corrected chi connectivity index (χ0v) is 10.2. The topological polar surface area (TPSA) is 107 Å². The lowest BCUT2D eigenvalue weighted by Crippen LogP contribution is -1.98. The number of aromatic carboxylic acids is 1. The van der Waals surface area contributed by atoms with Crippen molar-refractivity contribution >= 4 is 17.3 Å². The number of tetrazole rings is 1. The molecule has 3 heterocycles. The molecule has 94 valence electrons. The van der Waals surface area contributed by atoms with Crippen LogP contribution in [0.25, 0.3) is 16.4 Å². The van der Waals surface area contributed by atoms with Gasteiger partial charge < -0.3 is 5.11 Å². The minimum atomic E-state index is -0.987. The Hall–Kier alpha value is -2.68. The van der Waals surface area contributed by atoms with E-state index in [2.05, 4.69) is 25.5 Å². The van der Waals surface area contributed by atoms with E-state index in [4.69, 9.17) is 5.11 Å². The minimum absolute atomic E-state index is 0.191. The van der Waals surface area contributed by atoms with Gasteiger partial charge in [0.25, 0.3) is 0 Å². The fourth-order valence-corrected chi connectivity index (χ4v) is 2.20. The van der Waals surface area contributed by atoms with E-state index in [-0.39, 0.29) is 4.88 Å². The highest BCUT2D eigenvalue weighted by molar-refractivity contribution is 7.16. The molecule has 0 aliphatic heterocycles. The summed E-state index contributed by atoms with van der Waals surface area (Å²) in [6.07, 6.45) is 4.35. The number of nitrogens with zero attached hydrogens (tertiary/aromatic N) is 6. The highest BCUT2D eigenvalue weighted by atomic mass is 32.1. The van der Waals surface area contributed by atoms with Gasteiger partial charge in [0.1, 0.15) is 16.2 Å². The summed E-state index contributed by atoms with van der Waals surface area (Å²) in [6.45, 7) is 0. The molecule has 1 N–H and O–H groups in total. The van der Waals surface area contributed by atoms with E-state index in [0.29, 0.717) is 10.8 Å². The van der Waals surface area contributed by atoms with Gasteiger partial charge in [-0.15, -0.1) is 16.4 Å². The summed E-state index contributed by atoms with van der Waals surface area (Å²) in [4.78, 5) is 19.2. The highest BCUT2D eigenvalue weighted by Gasteiger charge is 2.11. The van der Waals surface area contributed by atoms with Gasteiger partial charge in [0.2, 0.25) is 0 Å². The standard InChI is InChI=1S/C10H6N6O2S/c17-10(18)7-4-12-9(19-7)6-1-2-11-8(3-6)16-5-13-14-15-16/h1-5H,(H,17,18). The maximum Gasteiger partial charge on any atom is 0.347 e. The van der Waals surface area contributed by atoms with E-state index in [9.17, 15) is 4.79 Å². The molecule has 0 aliphatic rings. The third-order valence-electron chi connectivity index (χ3n) is 2.29. The lowest BCUT2D eigenvalue weighted by Gasteiger charge is -2.00. The van der Waals surface area contributed by atoms with Crippen LogP contribution in [0.15, 0.2) is 30.9 Å². The van der Waals surface area contributed by atoms with Crippen LogP contribution in [0, 0.1) is 0 Å². The van der Waals surface area contributed by atoms with Gasteiger partial charge in [-0.1, -0.05) is 0 Å². The number of hydrogen-bond acceptors (Lipinski definition) is 7. The molecular weight excluding hydrogens is 268 g/mol. The van der Waals surface area contributed by atoms with Gasteiger partial charge in [-0.3, -0.25) is 0 Å². The fraction of sp³-hybridized carbons (Fsp3) is 0. The van der Waals surface area contributed by atoms with Crippen molar-refractivity contribution in [1.29, 1.82) is 0 Å². The molecule has 0 fully saturated rings. The molecule has 0 amide bonds. The zero-order chi connectivity index (χ0) is 13.2. The molecular formula is C10H6N6O2S. The average molecular weight is 274 g/mol. The number of hydrogen-bond donors (Lipinski definition) is 1. The van der Waals surface area contributed by atoms with Crippen molar-refractivity contribution in [3.05, 3.63) is 35.7 Å². The number of carbonyl (C=O) groups is 1. The van der Waals surface area contributed by atoms with Crippen LogP contribution < -0.4 is 0 Å². The largest absolute Gasteiger partial charge is 0.477 e. The molecule has 0 aliphatic carbocycles. The molecule has 0 saturated carbocycles. The molecule has 3 aromatic heterocycles. The Balaban J connectivity index is 2.01. The maximum atomic E-state index is 10.8. The van der Waals surface area contributed by atoms with Crippen LogP contribution in [-0.2, 0) is 0 Å². The van der Waals surface area contributed by atoms with Gasteiger partial charge in [-0.2, -0.15) is 4.68 Å². The fourth-order valence-electron chi connectivity index (χ4n) is 1.45. The monoisotopic (exact) mass is 274 g/mol. The van der Waals surface area contributed by atoms with Crippen LogP contribution in [0.4, 0.5) is 0 Å². The molecule has 3 rings (SSSR count). The second-order valence-corrected chi connectivity index (χ2v) is 4.52. The first-order valence-electron chi connectivity index (χ1n) is 5.13. The van der Waals surface area contributed by atoms with E-state index in [1.165, 1.54) is 17.2 Å². The minimum Gasteiger partial charge on any atom is -0.477 e. The van der Waals surface area contributed by atoms with Gasteiger partial charge in [0.15, 0.2) is 5.82 Å². The van der Waals surface area contributed by atoms with Crippen molar-refractivity contribution in [2.45, 2.75) is 0 Å². The van der Waals surface area contributed by atoms with Crippen molar-refractivity contribution in [1.82, 2.24) is 30.2 Å². The van der Waals surface area contributed by atoms with E-state index >= 15 is 0 Å². The Morgan fingerprint density at radius 1 is 1.37 bits per heavy atom. The molecule has 0 spiro atoms. The van der Waals surface area contributed by atoms with Crippen LogP contribution in [0.2, 0.25) is 0 Å². The van der Waals surface area contributed by atoms with Crippen molar-refractivity contribution < 1.29 is 9.90 Å². The summed E-state index contributed by atoms with van der Waals surface area (Å²) in [6, 6.07) is 3.49. The van der Waals surface area contributed by atoms with Gasteiger partial charge in [-0.05, 0) is 22.6 Å². The molecule has 19 heavy (non-hydrogen) atoms. The molecule has 8 nitrogen and oxygen atoms in total. The number of thiazole rings is 1. The maximum absolute atomic E-state index is 10.8. The lowest BCUT2D eigenvalue weighted by atomic mass is 10.3. The second kappa shape index (κ2) is 4.53. The summed E-state index contributed by atoms with van der Waals surface area (Å²) in [5.41, 5.74) is 0.762. The average Bonchev–Trinajstić information content (AvgIpc) is 3.10. The SMILES string of the molecule is O=C(O)c1cnc(-c2ccnc(-n3cnnn3)c2)s1. The van der Waals surface area contributed by atoms with Gasteiger partial charge in [0, 0.05) is 11.8 Å². The van der Waals surface area contributed by atoms with Crippen molar-refractivity contribution in [3.63, 3.8) is 0 Å². The van der Waals surface area contributed by atoms with E-state index in [1.807, 2.05) is 0 Å². The molecule has 0 saturated heterocycles. The number of carboxylic acids is 1. The number of carboxylic acid groups (broad SMARTS) is 1. The predicted molar refractivity (Wildman–Crippen MR) is 65.0 cm³/mol. The predicted octanol–water partition coefficient (Wildman–Crippen LogP) is 0.879. The van der Waals surface area contributed by atoms with E-state index in [0.717, 1.165) is 16.9 Å². The Bertz CT molecular complexity index is 723. The van der Waals surface area contributed by atoms with Crippen LogP contribution >= 0.6 is 11.3 Å². The van der Waals surface area contributed by atoms with Crippen LogP contribution in [0.5, 0.6) is 0 Å². The third-order valence-corrected chi connectivity index (χ3v) is 3.33. The number of pyridine rings is 1. The zero-order valence-electron chi connectivity index (χ0n) is 9.33. The summed E-state index contributed by atoms with van der Waals surface area (Å²) in [5.74, 6) is -0.451. The van der Waals surface area contributed by atoms with Gasteiger partial charge in [0.05, 0.1) is 6.20 Å². The molecule has 0 bridgehead atoms. The molecule has 0 atom stereocenters. The van der Waals surface area contributed by atoms with Crippen molar-refractivity contribution in [3.8, 4) is 16.4 Å². The number of rotatable bonds is 3. The third kappa shape index (κ3) is 2.18. The first-order valence-corrected chi connectivity index (χ1v) is 5.94.